The van der Waals surface area contributed by atoms with Gasteiger partial charge in [0.1, 0.15) is 12.1 Å². The lowest BCUT2D eigenvalue weighted by Gasteiger charge is -2.27. The topological polar surface area (TPSA) is 64.3 Å². The van der Waals surface area contributed by atoms with Crippen molar-refractivity contribution in [3.63, 3.8) is 0 Å². The second-order valence-electron chi connectivity index (χ2n) is 4.46. The van der Waals surface area contributed by atoms with E-state index in [-0.39, 0.29) is 12.4 Å². The maximum atomic E-state index is 13.4. The molecule has 0 aromatic heterocycles. The normalized spacial score (nSPS) is 13.9. The highest BCUT2D eigenvalue weighted by molar-refractivity contribution is 5.84. The summed E-state index contributed by atoms with van der Waals surface area (Å²) in [6, 6.07) is 3.61. The molecule has 6 heteroatoms. The van der Waals surface area contributed by atoms with Crippen molar-refractivity contribution in [2.75, 3.05) is 13.2 Å². The van der Waals surface area contributed by atoms with Gasteiger partial charge in [0.25, 0.3) is 0 Å². The summed E-state index contributed by atoms with van der Waals surface area (Å²) < 4.78 is 31.6. The van der Waals surface area contributed by atoms with E-state index in [1.54, 1.807) is 6.92 Å². The van der Waals surface area contributed by atoms with Crippen LogP contribution in [0.1, 0.15) is 20.3 Å². The number of hydrogen-bond acceptors (Lipinski definition) is 3. The molecule has 0 spiro atoms. The summed E-state index contributed by atoms with van der Waals surface area (Å²) >= 11 is 0. The molecule has 0 aliphatic heterocycles. The maximum Gasteiger partial charge on any atom is 0.240 e. The summed E-state index contributed by atoms with van der Waals surface area (Å²) in [5.41, 5.74) is 4.16. The number of hydrogen-bond donors (Lipinski definition) is 2. The SMILES string of the molecule is CCCNC(C)(COc1cccc(F)c1F)C(N)=O. The summed E-state index contributed by atoms with van der Waals surface area (Å²) in [5, 5.41) is 2.93. The van der Waals surface area contributed by atoms with E-state index in [9.17, 15) is 13.6 Å². The quantitative estimate of drug-likeness (QED) is 0.792. The molecule has 1 aromatic rings. The van der Waals surface area contributed by atoms with E-state index in [1.165, 1.54) is 12.1 Å². The molecule has 106 valence electrons. The molecule has 0 bridgehead atoms. The Morgan fingerprint density at radius 3 is 2.74 bits per heavy atom. The zero-order valence-electron chi connectivity index (χ0n) is 11.0. The first-order valence-electron chi connectivity index (χ1n) is 6.02. The van der Waals surface area contributed by atoms with Crippen LogP contribution in [0.3, 0.4) is 0 Å². The third kappa shape index (κ3) is 3.89. The lowest BCUT2D eigenvalue weighted by molar-refractivity contribution is -0.125. The zero-order valence-corrected chi connectivity index (χ0v) is 11.0. The number of carbonyl (C=O) groups excluding carboxylic acids is 1. The minimum absolute atomic E-state index is 0.178. The van der Waals surface area contributed by atoms with Crippen LogP contribution < -0.4 is 15.8 Å². The summed E-state index contributed by atoms with van der Waals surface area (Å²) in [6.07, 6.45) is 0.803. The average molecular weight is 272 g/mol. The fourth-order valence-corrected chi connectivity index (χ4v) is 1.43. The number of ether oxygens (including phenoxy) is 1. The van der Waals surface area contributed by atoms with Crippen molar-refractivity contribution in [1.82, 2.24) is 5.32 Å². The molecule has 1 rings (SSSR count). The average Bonchev–Trinajstić information content (AvgIpc) is 2.38. The molecule has 19 heavy (non-hydrogen) atoms. The third-order valence-corrected chi connectivity index (χ3v) is 2.74. The molecule has 0 aliphatic carbocycles. The van der Waals surface area contributed by atoms with E-state index in [0.29, 0.717) is 6.54 Å². The Bertz CT molecular complexity index is 454. The van der Waals surface area contributed by atoms with Gasteiger partial charge in [0.05, 0.1) is 0 Å². The van der Waals surface area contributed by atoms with E-state index in [2.05, 4.69) is 5.32 Å². The van der Waals surface area contributed by atoms with Crippen LogP contribution in [-0.4, -0.2) is 24.6 Å². The Labute approximate surface area is 110 Å². The van der Waals surface area contributed by atoms with Crippen LogP contribution in [0.5, 0.6) is 5.75 Å². The van der Waals surface area contributed by atoms with Crippen LogP contribution in [0.15, 0.2) is 18.2 Å². The molecule has 0 radical (unpaired) electrons. The molecule has 0 saturated heterocycles. The lowest BCUT2D eigenvalue weighted by atomic mass is 10.0. The monoisotopic (exact) mass is 272 g/mol. The highest BCUT2D eigenvalue weighted by Crippen LogP contribution is 2.20. The molecule has 1 aromatic carbocycles. The van der Waals surface area contributed by atoms with Gasteiger partial charge in [-0.25, -0.2) is 4.39 Å². The Balaban J connectivity index is 2.76. The Hall–Kier alpha value is -1.69. The Kier molecular flexibility index (Phi) is 5.23. The Morgan fingerprint density at radius 2 is 2.16 bits per heavy atom. The second kappa shape index (κ2) is 6.47. The minimum atomic E-state index is -1.13. The van der Waals surface area contributed by atoms with E-state index in [4.69, 9.17) is 10.5 Å². The molecule has 0 saturated carbocycles. The van der Waals surface area contributed by atoms with Crippen LogP contribution >= 0.6 is 0 Å². The fraction of sp³-hybridized carbons (Fsp3) is 0.462. The van der Waals surface area contributed by atoms with E-state index in [1.807, 2.05) is 6.92 Å². The van der Waals surface area contributed by atoms with Crippen LogP contribution in [0.2, 0.25) is 0 Å². The molecule has 1 unspecified atom stereocenters. The van der Waals surface area contributed by atoms with Crippen molar-refractivity contribution < 1.29 is 18.3 Å². The van der Waals surface area contributed by atoms with Gasteiger partial charge in [-0.3, -0.25) is 4.79 Å². The molecule has 3 N–H and O–H groups in total. The lowest BCUT2D eigenvalue weighted by Crippen LogP contribution is -2.57. The smallest absolute Gasteiger partial charge is 0.240 e. The number of nitrogens with two attached hydrogens (primary N) is 1. The van der Waals surface area contributed by atoms with Gasteiger partial charge in [-0.05, 0) is 32.0 Å². The number of nitrogens with one attached hydrogen (secondary N) is 1. The molecule has 4 nitrogen and oxygen atoms in total. The van der Waals surface area contributed by atoms with Gasteiger partial charge in [0, 0.05) is 0 Å². The molecule has 1 amide bonds. The molecular formula is C13H18F2N2O2. The van der Waals surface area contributed by atoms with E-state index < -0.39 is 23.1 Å². The zero-order chi connectivity index (χ0) is 14.5. The fourth-order valence-electron chi connectivity index (χ4n) is 1.43. The number of halogens is 2. The molecule has 0 heterocycles. The van der Waals surface area contributed by atoms with E-state index in [0.717, 1.165) is 12.5 Å². The van der Waals surface area contributed by atoms with Crippen molar-refractivity contribution in [1.29, 1.82) is 0 Å². The first-order valence-corrected chi connectivity index (χ1v) is 6.02. The first kappa shape index (κ1) is 15.4. The third-order valence-electron chi connectivity index (χ3n) is 2.74. The predicted molar refractivity (Wildman–Crippen MR) is 67.7 cm³/mol. The van der Waals surface area contributed by atoms with Crippen LogP contribution in [-0.2, 0) is 4.79 Å². The van der Waals surface area contributed by atoms with Gasteiger partial charge in [-0.15, -0.1) is 0 Å². The van der Waals surface area contributed by atoms with Crippen LogP contribution in [0.25, 0.3) is 0 Å². The summed E-state index contributed by atoms with van der Waals surface area (Å²) in [6.45, 7) is 3.88. The molecule has 1 atom stereocenters. The standard InChI is InChI=1S/C13H18F2N2O2/c1-3-7-17-13(2,12(16)18)8-19-10-6-4-5-9(14)11(10)15/h4-6,17H,3,7-8H2,1-2H3,(H2,16,18). The van der Waals surface area contributed by atoms with Gasteiger partial charge in [-0.1, -0.05) is 13.0 Å². The maximum absolute atomic E-state index is 13.4. The minimum Gasteiger partial charge on any atom is -0.488 e. The van der Waals surface area contributed by atoms with Gasteiger partial charge >= 0.3 is 0 Å². The number of carbonyl (C=O) groups is 1. The van der Waals surface area contributed by atoms with Crippen molar-refractivity contribution in [3.05, 3.63) is 29.8 Å². The highest BCUT2D eigenvalue weighted by atomic mass is 19.2. The summed E-state index contributed by atoms with van der Waals surface area (Å²) in [5.74, 6) is -2.94. The van der Waals surface area contributed by atoms with Gasteiger partial charge in [0.2, 0.25) is 11.7 Å². The largest absolute Gasteiger partial charge is 0.488 e. The first-order chi connectivity index (χ1) is 8.90. The van der Waals surface area contributed by atoms with Gasteiger partial charge in [0.15, 0.2) is 11.6 Å². The van der Waals surface area contributed by atoms with Crippen molar-refractivity contribution in [2.45, 2.75) is 25.8 Å². The number of amides is 1. The summed E-state index contributed by atoms with van der Waals surface area (Å²) in [4.78, 5) is 11.4. The highest BCUT2D eigenvalue weighted by Gasteiger charge is 2.31. The molecule has 0 fully saturated rings. The Morgan fingerprint density at radius 1 is 1.47 bits per heavy atom. The van der Waals surface area contributed by atoms with Crippen molar-refractivity contribution in [3.8, 4) is 5.75 Å². The van der Waals surface area contributed by atoms with Crippen molar-refractivity contribution in [2.24, 2.45) is 5.73 Å². The van der Waals surface area contributed by atoms with Gasteiger partial charge < -0.3 is 15.8 Å². The predicted octanol–water partition coefficient (Wildman–Crippen LogP) is 1.59. The number of rotatable bonds is 7. The molecular weight excluding hydrogens is 254 g/mol. The van der Waals surface area contributed by atoms with Crippen LogP contribution in [0.4, 0.5) is 8.78 Å². The molecule has 0 aliphatic rings. The van der Waals surface area contributed by atoms with E-state index >= 15 is 0 Å². The van der Waals surface area contributed by atoms with Crippen LogP contribution in [0, 0.1) is 11.6 Å². The van der Waals surface area contributed by atoms with Gasteiger partial charge in [-0.2, -0.15) is 4.39 Å². The summed E-state index contributed by atoms with van der Waals surface area (Å²) in [7, 11) is 0. The number of primary amides is 1. The second-order valence-corrected chi connectivity index (χ2v) is 4.46. The number of benzene rings is 1. The van der Waals surface area contributed by atoms with Crippen molar-refractivity contribution >= 4 is 5.91 Å².